The quantitative estimate of drug-likeness (QED) is 0.0483. The van der Waals surface area contributed by atoms with Crippen molar-refractivity contribution in [3.8, 4) is 35.5 Å². The highest BCUT2D eigenvalue weighted by Gasteiger charge is 2.27. The molecule has 84 heavy (non-hydrogen) atoms. The maximum Gasteiger partial charge on any atom is 0.329 e. The van der Waals surface area contributed by atoms with Crippen molar-refractivity contribution in [3.63, 3.8) is 0 Å². The van der Waals surface area contributed by atoms with Gasteiger partial charge >= 0.3 is 34.3 Å². The Bertz CT molecular complexity index is 4210. The minimum absolute atomic E-state index is 0.156. The van der Waals surface area contributed by atoms with E-state index < -0.39 is 0 Å². The van der Waals surface area contributed by atoms with E-state index >= 15 is 0 Å². The Balaban J connectivity index is 0.957. The first-order valence-corrected chi connectivity index (χ1v) is 26.2. The largest absolute Gasteiger partial charge is 0.361 e. The van der Waals surface area contributed by atoms with Crippen molar-refractivity contribution in [1.82, 2.24) is 0 Å². The van der Waals surface area contributed by atoms with Crippen molar-refractivity contribution in [2.24, 2.45) is 0 Å². The van der Waals surface area contributed by atoms with Crippen molar-refractivity contribution in [3.05, 3.63) is 388 Å². The van der Waals surface area contributed by atoms with Gasteiger partial charge in [0.25, 0.3) is 0 Å². The highest BCUT2D eigenvalue weighted by molar-refractivity contribution is 6.17. The molecule has 12 nitrogen and oxygen atoms in total. The molecule has 0 N–H and O–H groups in total. The number of benzene rings is 10. The SMILES string of the molecule is [N-]=[N+]=C(c1ccccc1)c1cccc(C#Cc2ccc(C(=[N+]=[N-])c3cc(C(=[N+]=[N-])c4ccc(C#Cc5cccc(C(=[N+]=[N-])c6ccccc6)c5)cc4)cc(C(=[N+]=[N-])c4ccc(C#Cc5cccc(C(=[N+]=[N-])c6ccccc6)c5)cc4)c3)cc2)c1. The fourth-order valence-corrected chi connectivity index (χ4v) is 9.32. The van der Waals surface area contributed by atoms with Crippen LogP contribution in [-0.2, 0) is 0 Å². The van der Waals surface area contributed by atoms with E-state index in [2.05, 4.69) is 64.3 Å². The molecule has 0 unspecified atom stereocenters. The smallest absolute Gasteiger partial charge is 0.329 e. The molecule has 390 valence electrons. The fraction of sp³-hybridized carbons (Fsp3) is 0. The van der Waals surface area contributed by atoms with Crippen LogP contribution in [0.25, 0.3) is 33.2 Å². The van der Waals surface area contributed by atoms with Crippen LogP contribution in [-0.4, -0.2) is 63.0 Å². The second-order valence-corrected chi connectivity index (χ2v) is 18.8. The predicted octanol–water partition coefficient (Wildman–Crippen LogP) is 12.3. The molecule has 0 heterocycles. The molecule has 0 spiro atoms. The van der Waals surface area contributed by atoms with E-state index in [0.717, 1.165) is 16.7 Å². The second kappa shape index (κ2) is 26.2. The summed E-state index contributed by atoms with van der Waals surface area (Å²) in [6.45, 7) is 0. The number of nitrogens with zero attached hydrogens (tertiary/aromatic N) is 12. The highest BCUT2D eigenvalue weighted by Crippen LogP contribution is 2.23. The summed E-state index contributed by atoms with van der Waals surface area (Å²) in [5.41, 5.74) is 75.0. The van der Waals surface area contributed by atoms with E-state index in [-0.39, 0.29) is 17.1 Å². The molecule has 0 aromatic heterocycles. The molecule has 10 aromatic carbocycles. The van der Waals surface area contributed by atoms with Crippen LogP contribution >= 0.6 is 0 Å². The third-order valence-corrected chi connectivity index (χ3v) is 13.4. The Hall–Kier alpha value is -12.8. The first-order chi connectivity index (χ1) is 41.3. The summed E-state index contributed by atoms with van der Waals surface area (Å²) >= 11 is 0. The average Bonchev–Trinajstić information content (AvgIpc) is 3.74. The van der Waals surface area contributed by atoms with Crippen LogP contribution in [0.15, 0.2) is 255 Å². The van der Waals surface area contributed by atoms with Crippen LogP contribution in [0.4, 0.5) is 0 Å². The second-order valence-electron chi connectivity index (χ2n) is 18.8. The molecule has 10 aromatic rings. The maximum absolute atomic E-state index is 10.8. The standard InChI is InChI=1S/C72H42N12/c73-79-67(55-16-4-1-5-17-55)61-22-10-13-52(43-61)28-25-49-31-37-58(38-32-49)70(82-76)64-46-65(71(83-77)59-39-33-50(34-40-59)26-29-53-14-11-23-62(44-53)68(80-74)56-18-6-2-7-19-56)48-66(47-64)72(84-78)60-41-35-51(36-42-60)27-30-54-15-12-24-63(45-54)69(81-75)57-20-8-3-9-21-57/h1-24,31-48H. The third kappa shape index (κ3) is 12.8. The molecule has 0 bridgehead atoms. The van der Waals surface area contributed by atoms with E-state index in [1.54, 1.807) is 91.0 Å². The lowest BCUT2D eigenvalue weighted by Gasteiger charge is -2.06. The van der Waals surface area contributed by atoms with Gasteiger partial charge in [0.15, 0.2) is 0 Å². The summed E-state index contributed by atoms with van der Waals surface area (Å²) in [5, 5.41) is 0. The summed E-state index contributed by atoms with van der Waals surface area (Å²) in [6.07, 6.45) is 0. The van der Waals surface area contributed by atoms with Gasteiger partial charge < -0.3 is 33.2 Å². The van der Waals surface area contributed by atoms with Gasteiger partial charge in [0.2, 0.25) is 0 Å². The molecular formula is C72H42N12. The third-order valence-electron chi connectivity index (χ3n) is 13.4. The summed E-state index contributed by atoms with van der Waals surface area (Å²) in [6, 6.07) is 76.9. The zero-order chi connectivity index (χ0) is 58.0. The molecule has 0 saturated carbocycles. The van der Waals surface area contributed by atoms with Gasteiger partial charge in [0, 0.05) is 33.4 Å². The van der Waals surface area contributed by atoms with Crippen molar-refractivity contribution in [2.45, 2.75) is 0 Å². The molecule has 0 aliphatic rings. The van der Waals surface area contributed by atoms with Gasteiger partial charge in [-0.25, -0.2) is 0 Å². The lowest BCUT2D eigenvalue weighted by molar-refractivity contribution is -0.00387. The van der Waals surface area contributed by atoms with Crippen LogP contribution in [0.5, 0.6) is 0 Å². The van der Waals surface area contributed by atoms with Crippen LogP contribution in [0.3, 0.4) is 0 Å². The Morgan fingerprint density at radius 3 is 0.619 bits per heavy atom. The Labute approximate surface area is 484 Å². The van der Waals surface area contributed by atoms with Gasteiger partial charge in [-0.1, -0.05) is 108 Å². The number of hydrogen-bond acceptors (Lipinski definition) is 0. The summed E-state index contributed by atoms with van der Waals surface area (Å²) in [5.74, 6) is 19.2. The first kappa shape index (κ1) is 54.5. The highest BCUT2D eigenvalue weighted by atomic mass is 14.9. The Morgan fingerprint density at radius 2 is 0.381 bits per heavy atom. The van der Waals surface area contributed by atoms with E-state index in [1.807, 2.05) is 164 Å². The van der Waals surface area contributed by atoms with E-state index in [9.17, 15) is 33.2 Å². The molecule has 10 rings (SSSR count). The molecule has 12 heteroatoms. The fourth-order valence-electron chi connectivity index (χ4n) is 9.32. The van der Waals surface area contributed by atoms with Gasteiger partial charge in [-0.2, -0.15) is 28.7 Å². The normalized spacial score (nSPS) is 9.86. The molecular weight excluding hydrogens is 1030 g/mol. The van der Waals surface area contributed by atoms with Crippen LogP contribution in [0.1, 0.15) is 100 Å². The zero-order valence-electron chi connectivity index (χ0n) is 44.6. The van der Waals surface area contributed by atoms with Crippen LogP contribution in [0, 0.1) is 35.5 Å². The molecule has 0 aliphatic carbocycles. The molecule has 0 radical (unpaired) electrons. The van der Waals surface area contributed by atoms with Crippen molar-refractivity contribution < 1.29 is 28.7 Å². The number of hydrogen-bond donors (Lipinski definition) is 0. The van der Waals surface area contributed by atoms with Gasteiger partial charge in [-0.15, -0.1) is 0 Å². The average molecular weight is 1080 g/mol. The van der Waals surface area contributed by atoms with Crippen LogP contribution < -0.4 is 0 Å². The molecule has 0 atom stereocenters. The maximum atomic E-state index is 10.8. The minimum atomic E-state index is 0.156. The minimum Gasteiger partial charge on any atom is -0.361 e. The Kier molecular flexibility index (Phi) is 17.0. The zero-order valence-corrected chi connectivity index (χ0v) is 44.6. The molecule has 0 saturated heterocycles. The van der Waals surface area contributed by atoms with Crippen LogP contribution in [0.2, 0.25) is 0 Å². The van der Waals surface area contributed by atoms with E-state index in [0.29, 0.717) is 101 Å². The van der Waals surface area contributed by atoms with Gasteiger partial charge in [0.1, 0.15) is 0 Å². The molecule has 0 aliphatic heterocycles. The van der Waals surface area contributed by atoms with Gasteiger partial charge in [-0.3, -0.25) is 0 Å². The summed E-state index contributed by atoms with van der Waals surface area (Å²) < 4.78 is 0. The summed E-state index contributed by atoms with van der Waals surface area (Å²) in [7, 11) is 0. The van der Waals surface area contributed by atoms with E-state index in [4.69, 9.17) is 0 Å². The summed E-state index contributed by atoms with van der Waals surface area (Å²) in [4.78, 5) is 22.0. The first-order valence-electron chi connectivity index (χ1n) is 26.2. The Morgan fingerprint density at radius 1 is 0.179 bits per heavy atom. The number of rotatable bonds is 12. The monoisotopic (exact) mass is 1070 g/mol. The van der Waals surface area contributed by atoms with Gasteiger partial charge in [-0.05, 0) is 182 Å². The van der Waals surface area contributed by atoms with E-state index in [1.165, 1.54) is 0 Å². The topological polar surface area (TPSA) is 218 Å². The molecule has 0 fully saturated rings. The van der Waals surface area contributed by atoms with Gasteiger partial charge in [0.05, 0.1) is 66.8 Å². The van der Waals surface area contributed by atoms with Crippen molar-refractivity contribution >= 4 is 34.3 Å². The lowest BCUT2D eigenvalue weighted by atomic mass is 9.91. The predicted molar refractivity (Wildman–Crippen MR) is 323 cm³/mol. The van der Waals surface area contributed by atoms with Crippen molar-refractivity contribution in [1.29, 1.82) is 0 Å². The lowest BCUT2D eigenvalue weighted by Crippen LogP contribution is -2.13. The van der Waals surface area contributed by atoms with Crippen molar-refractivity contribution in [2.75, 3.05) is 0 Å². The molecule has 0 amide bonds.